The van der Waals surface area contributed by atoms with Crippen molar-refractivity contribution in [3.63, 3.8) is 0 Å². The second-order valence-electron chi connectivity index (χ2n) is 7.66. The summed E-state index contributed by atoms with van der Waals surface area (Å²) in [4.78, 5) is 27.0. The fourth-order valence-corrected chi connectivity index (χ4v) is 3.53. The molecular weight excluding hydrogens is 418 g/mol. The van der Waals surface area contributed by atoms with E-state index in [0.717, 1.165) is 11.3 Å². The summed E-state index contributed by atoms with van der Waals surface area (Å²) in [6, 6.07) is 24.4. The number of para-hydroxylation sites is 2. The van der Waals surface area contributed by atoms with Crippen molar-refractivity contribution < 1.29 is 19.1 Å². The van der Waals surface area contributed by atoms with Gasteiger partial charge in [0.25, 0.3) is 5.91 Å². The van der Waals surface area contributed by atoms with E-state index in [2.05, 4.69) is 10.6 Å². The lowest BCUT2D eigenvalue weighted by molar-refractivity contribution is -0.114. The molecule has 3 aromatic rings. The van der Waals surface area contributed by atoms with Gasteiger partial charge in [0.05, 0.1) is 25.4 Å². The van der Waals surface area contributed by atoms with E-state index >= 15 is 0 Å². The molecule has 0 aromatic heterocycles. The van der Waals surface area contributed by atoms with Gasteiger partial charge in [0, 0.05) is 24.3 Å². The zero-order chi connectivity index (χ0) is 22.9. The van der Waals surface area contributed by atoms with Crippen LogP contribution in [0.2, 0.25) is 0 Å². The third-order valence-corrected chi connectivity index (χ3v) is 5.26. The normalized spacial score (nSPS) is 13.3. The van der Waals surface area contributed by atoms with E-state index in [9.17, 15) is 9.59 Å². The largest absolute Gasteiger partial charge is 0.487 e. The number of nitrogens with zero attached hydrogens (tertiary/aromatic N) is 1. The van der Waals surface area contributed by atoms with E-state index in [-0.39, 0.29) is 18.4 Å². The summed E-state index contributed by atoms with van der Waals surface area (Å²) in [6.07, 6.45) is 0. The minimum atomic E-state index is -0.219. The number of ether oxygens (including phenoxy) is 2. The topological polar surface area (TPSA) is 79.9 Å². The van der Waals surface area contributed by atoms with Gasteiger partial charge >= 0.3 is 0 Å². The van der Waals surface area contributed by atoms with Gasteiger partial charge in [-0.2, -0.15) is 0 Å². The lowest BCUT2D eigenvalue weighted by Crippen LogP contribution is -2.40. The average Bonchev–Trinajstić information content (AvgIpc) is 2.87. The zero-order valence-corrected chi connectivity index (χ0v) is 18.3. The number of rotatable bonds is 8. The summed E-state index contributed by atoms with van der Waals surface area (Å²) in [5.74, 6) is 0.396. The Balaban J connectivity index is 1.32. The van der Waals surface area contributed by atoms with Gasteiger partial charge in [0.15, 0.2) is 0 Å². The standard InChI is InChI=1S/C26H27N3O4/c30-25(28-22-10-6-9-21(17-22)26(31)29-13-15-32-16-14-29)18-27-23-11-4-5-12-24(23)33-19-20-7-2-1-3-8-20/h1-12,17,27H,13-16,18-19H2,(H,28,30). The minimum Gasteiger partial charge on any atom is -0.487 e. The molecule has 1 heterocycles. The van der Waals surface area contributed by atoms with E-state index in [1.54, 1.807) is 29.2 Å². The van der Waals surface area contributed by atoms with E-state index in [1.165, 1.54) is 0 Å². The first-order valence-electron chi connectivity index (χ1n) is 11.0. The molecule has 7 heteroatoms. The molecule has 0 aliphatic carbocycles. The highest BCUT2D eigenvalue weighted by atomic mass is 16.5. The van der Waals surface area contributed by atoms with Crippen LogP contribution in [-0.4, -0.2) is 49.6 Å². The number of hydrogen-bond acceptors (Lipinski definition) is 5. The van der Waals surface area contributed by atoms with E-state index < -0.39 is 0 Å². The molecule has 7 nitrogen and oxygen atoms in total. The molecule has 2 amide bonds. The second kappa shape index (κ2) is 11.2. The summed E-state index contributed by atoms with van der Waals surface area (Å²) >= 11 is 0. The van der Waals surface area contributed by atoms with Crippen LogP contribution in [0.5, 0.6) is 5.75 Å². The number of carbonyl (C=O) groups excluding carboxylic acids is 2. The van der Waals surface area contributed by atoms with Crippen LogP contribution in [0.25, 0.3) is 0 Å². The molecule has 4 rings (SSSR count). The fourth-order valence-electron chi connectivity index (χ4n) is 3.53. The maximum atomic E-state index is 12.7. The van der Waals surface area contributed by atoms with Gasteiger partial charge in [-0.25, -0.2) is 0 Å². The van der Waals surface area contributed by atoms with Gasteiger partial charge in [-0.3, -0.25) is 9.59 Å². The van der Waals surface area contributed by atoms with Crippen LogP contribution in [0.1, 0.15) is 15.9 Å². The van der Waals surface area contributed by atoms with Gasteiger partial charge in [-0.1, -0.05) is 48.5 Å². The van der Waals surface area contributed by atoms with E-state index in [0.29, 0.717) is 49.9 Å². The Bertz CT molecular complexity index is 1080. The van der Waals surface area contributed by atoms with E-state index in [4.69, 9.17) is 9.47 Å². The van der Waals surface area contributed by atoms with Crippen molar-refractivity contribution in [1.29, 1.82) is 0 Å². The first kappa shape index (κ1) is 22.4. The first-order chi connectivity index (χ1) is 16.2. The Labute approximate surface area is 193 Å². The van der Waals surface area contributed by atoms with Crippen LogP contribution in [0.15, 0.2) is 78.9 Å². The molecule has 0 atom stereocenters. The lowest BCUT2D eigenvalue weighted by Gasteiger charge is -2.27. The van der Waals surface area contributed by atoms with Crippen molar-refractivity contribution in [3.8, 4) is 5.75 Å². The van der Waals surface area contributed by atoms with Gasteiger partial charge in [-0.05, 0) is 35.9 Å². The molecule has 0 unspecified atom stereocenters. The van der Waals surface area contributed by atoms with Crippen LogP contribution >= 0.6 is 0 Å². The predicted octanol–water partition coefficient (Wildman–Crippen LogP) is 3.79. The van der Waals surface area contributed by atoms with E-state index in [1.807, 2.05) is 54.6 Å². The Hall–Kier alpha value is -3.84. The van der Waals surface area contributed by atoms with Crippen LogP contribution in [0.4, 0.5) is 11.4 Å². The molecule has 2 N–H and O–H groups in total. The number of morpholine rings is 1. The van der Waals surface area contributed by atoms with Crippen molar-refractivity contribution >= 4 is 23.2 Å². The van der Waals surface area contributed by atoms with Crippen molar-refractivity contribution in [2.75, 3.05) is 43.5 Å². The molecule has 170 valence electrons. The smallest absolute Gasteiger partial charge is 0.254 e. The zero-order valence-electron chi connectivity index (χ0n) is 18.3. The number of carbonyl (C=O) groups is 2. The van der Waals surface area contributed by atoms with Gasteiger partial charge < -0.3 is 25.0 Å². The summed E-state index contributed by atoms with van der Waals surface area (Å²) in [5.41, 5.74) is 2.92. The Morgan fingerprint density at radius 1 is 0.909 bits per heavy atom. The molecule has 0 bridgehead atoms. The molecule has 3 aromatic carbocycles. The number of hydrogen-bond donors (Lipinski definition) is 2. The molecule has 1 aliphatic rings. The highest BCUT2D eigenvalue weighted by Crippen LogP contribution is 2.24. The quantitative estimate of drug-likeness (QED) is 0.552. The predicted molar refractivity (Wildman–Crippen MR) is 127 cm³/mol. The summed E-state index contributed by atoms with van der Waals surface area (Å²) < 4.78 is 11.2. The average molecular weight is 446 g/mol. The third kappa shape index (κ3) is 6.33. The molecule has 0 saturated carbocycles. The summed E-state index contributed by atoms with van der Waals surface area (Å²) in [6.45, 7) is 2.74. The molecule has 0 spiro atoms. The van der Waals surface area contributed by atoms with Crippen molar-refractivity contribution in [2.24, 2.45) is 0 Å². The first-order valence-corrected chi connectivity index (χ1v) is 11.0. The van der Waals surface area contributed by atoms with Crippen LogP contribution < -0.4 is 15.4 Å². The van der Waals surface area contributed by atoms with Crippen molar-refractivity contribution in [1.82, 2.24) is 4.90 Å². The number of anilines is 2. The number of amides is 2. The summed E-state index contributed by atoms with van der Waals surface area (Å²) in [5, 5.41) is 5.98. The Morgan fingerprint density at radius 2 is 1.67 bits per heavy atom. The summed E-state index contributed by atoms with van der Waals surface area (Å²) in [7, 11) is 0. The van der Waals surface area contributed by atoms with Crippen molar-refractivity contribution in [2.45, 2.75) is 6.61 Å². The van der Waals surface area contributed by atoms with Gasteiger partial charge in [0.2, 0.25) is 5.91 Å². The molecule has 1 aliphatic heterocycles. The highest BCUT2D eigenvalue weighted by molar-refractivity contribution is 5.98. The van der Waals surface area contributed by atoms with Crippen molar-refractivity contribution in [3.05, 3.63) is 90.0 Å². The molecule has 1 saturated heterocycles. The second-order valence-corrected chi connectivity index (χ2v) is 7.66. The third-order valence-electron chi connectivity index (χ3n) is 5.26. The van der Waals surface area contributed by atoms with Crippen LogP contribution in [0.3, 0.4) is 0 Å². The Morgan fingerprint density at radius 3 is 2.48 bits per heavy atom. The van der Waals surface area contributed by atoms with Gasteiger partial charge in [0.1, 0.15) is 12.4 Å². The molecular formula is C26H27N3O4. The minimum absolute atomic E-state index is 0.0583. The number of nitrogens with one attached hydrogen (secondary N) is 2. The molecule has 0 radical (unpaired) electrons. The van der Waals surface area contributed by atoms with Crippen LogP contribution in [0, 0.1) is 0 Å². The number of benzene rings is 3. The van der Waals surface area contributed by atoms with Crippen LogP contribution in [-0.2, 0) is 16.1 Å². The maximum Gasteiger partial charge on any atom is 0.254 e. The lowest BCUT2D eigenvalue weighted by atomic mass is 10.1. The monoisotopic (exact) mass is 445 g/mol. The molecule has 33 heavy (non-hydrogen) atoms. The highest BCUT2D eigenvalue weighted by Gasteiger charge is 2.18. The molecule has 1 fully saturated rings. The SMILES string of the molecule is O=C(CNc1ccccc1OCc1ccccc1)Nc1cccc(C(=O)N2CCOCC2)c1. The Kier molecular flexibility index (Phi) is 7.56. The maximum absolute atomic E-state index is 12.7. The fraction of sp³-hybridized carbons (Fsp3) is 0.231. The van der Waals surface area contributed by atoms with Gasteiger partial charge in [-0.15, -0.1) is 0 Å².